The first-order valence-corrected chi connectivity index (χ1v) is 12.6. The van der Waals surface area contributed by atoms with Crippen LogP contribution < -0.4 is 0 Å². The Morgan fingerprint density at radius 2 is 1.72 bits per heavy atom. The van der Waals surface area contributed by atoms with Crippen molar-refractivity contribution in [1.82, 2.24) is 0 Å². The number of hydrogen-bond acceptors (Lipinski definition) is 3. The van der Waals surface area contributed by atoms with Gasteiger partial charge in [-0.1, -0.05) is 78.2 Å². The molecule has 0 aromatic rings. The molecule has 2 fully saturated rings. The Kier molecular flexibility index (Phi) is 12.9. The zero-order valence-electron chi connectivity index (χ0n) is 22.0. The lowest BCUT2D eigenvalue weighted by molar-refractivity contribution is -0.139. The van der Waals surface area contributed by atoms with Gasteiger partial charge in [0, 0.05) is 11.8 Å². The van der Waals surface area contributed by atoms with Gasteiger partial charge < -0.3 is 15.3 Å². The summed E-state index contributed by atoms with van der Waals surface area (Å²) in [7, 11) is 0. The quantitative estimate of drug-likeness (QED) is 0.355. The van der Waals surface area contributed by atoms with E-state index in [0.29, 0.717) is 24.5 Å². The van der Waals surface area contributed by atoms with Crippen LogP contribution in [0.1, 0.15) is 101 Å². The van der Waals surface area contributed by atoms with E-state index in [0.717, 1.165) is 31.4 Å². The molecule has 0 aliphatic heterocycles. The van der Waals surface area contributed by atoms with Gasteiger partial charge in [-0.25, -0.2) is 0 Å². The second-order valence-corrected chi connectivity index (χ2v) is 8.34. The molecule has 2 saturated carbocycles. The van der Waals surface area contributed by atoms with Gasteiger partial charge in [0.2, 0.25) is 0 Å². The predicted molar refractivity (Wildman–Crippen MR) is 135 cm³/mol. The molecular weight excluding hydrogens is 400 g/mol. The molecule has 0 radical (unpaired) electrons. The lowest BCUT2D eigenvalue weighted by Gasteiger charge is -2.17. The van der Waals surface area contributed by atoms with Crippen LogP contribution in [0.2, 0.25) is 0 Å². The van der Waals surface area contributed by atoms with Crippen molar-refractivity contribution in [3.05, 3.63) is 46.5 Å². The van der Waals surface area contributed by atoms with Crippen molar-refractivity contribution in [3.63, 3.8) is 0 Å². The number of carbonyl (C=O) groups is 1. The lowest BCUT2D eigenvalue weighted by atomic mass is 9.88. The van der Waals surface area contributed by atoms with Gasteiger partial charge in [0.25, 0.3) is 0 Å². The van der Waals surface area contributed by atoms with E-state index in [1.165, 1.54) is 11.1 Å². The first-order valence-electron chi connectivity index (χ1n) is 12.6. The van der Waals surface area contributed by atoms with Gasteiger partial charge in [0.15, 0.2) is 0 Å². The maximum absolute atomic E-state index is 12.6. The summed E-state index contributed by atoms with van der Waals surface area (Å²) in [5, 5.41) is 9.86. The van der Waals surface area contributed by atoms with Crippen molar-refractivity contribution in [2.75, 3.05) is 0 Å². The Bertz CT molecular complexity index is 741. The summed E-state index contributed by atoms with van der Waals surface area (Å²) in [5.74, 6) is 1.97. The minimum Gasteiger partial charge on any atom is -0.512 e. The molecule has 0 aromatic heterocycles. The van der Waals surface area contributed by atoms with Crippen molar-refractivity contribution in [2.24, 2.45) is 23.2 Å². The van der Waals surface area contributed by atoms with Crippen molar-refractivity contribution in [1.29, 1.82) is 0 Å². The molecule has 4 rings (SSSR count). The number of aliphatic hydroxyl groups is 1. The molecule has 4 atom stereocenters. The number of ether oxygens (including phenoxy) is 1. The summed E-state index contributed by atoms with van der Waals surface area (Å²) >= 11 is 0. The molecule has 3 N–H and O–H groups in total. The summed E-state index contributed by atoms with van der Waals surface area (Å²) in [5.41, 5.74) is 4.59. The van der Waals surface area contributed by atoms with Crippen LogP contribution in [0.4, 0.5) is 0 Å². The van der Waals surface area contributed by atoms with Crippen LogP contribution in [0.5, 0.6) is 0 Å². The van der Waals surface area contributed by atoms with Gasteiger partial charge >= 0.3 is 5.97 Å². The topological polar surface area (TPSA) is 78.0 Å². The van der Waals surface area contributed by atoms with Crippen LogP contribution in [0, 0.1) is 23.2 Å². The highest BCUT2D eigenvalue weighted by Crippen LogP contribution is 2.64. The van der Waals surface area contributed by atoms with Crippen LogP contribution in [-0.4, -0.2) is 16.6 Å². The summed E-state index contributed by atoms with van der Waals surface area (Å²) in [6.45, 7) is 18.8. The third-order valence-electron chi connectivity index (χ3n) is 6.68. The van der Waals surface area contributed by atoms with Gasteiger partial charge in [-0.05, 0) is 62.5 Å². The maximum Gasteiger partial charge on any atom is 0.314 e. The molecule has 4 nitrogen and oxygen atoms in total. The minimum atomic E-state index is -0.142. The Morgan fingerprint density at radius 3 is 2.31 bits per heavy atom. The number of allylic oxidation sites excluding steroid dienone is 7. The molecule has 4 aliphatic carbocycles. The third kappa shape index (κ3) is 6.60. The molecule has 0 saturated heterocycles. The van der Waals surface area contributed by atoms with Gasteiger partial charge in [0.05, 0.1) is 12.2 Å². The first-order chi connectivity index (χ1) is 14.9. The second-order valence-electron chi connectivity index (χ2n) is 8.34. The molecular formula is C28H48O4. The van der Waals surface area contributed by atoms with Crippen LogP contribution >= 0.6 is 0 Å². The van der Waals surface area contributed by atoms with Gasteiger partial charge in [-0.15, -0.1) is 0 Å². The maximum atomic E-state index is 12.6. The van der Waals surface area contributed by atoms with Crippen LogP contribution in [-0.2, 0) is 9.53 Å². The van der Waals surface area contributed by atoms with Crippen molar-refractivity contribution < 1.29 is 20.1 Å². The average molecular weight is 449 g/mol. The number of esters is 1. The van der Waals surface area contributed by atoms with Crippen LogP contribution in [0.25, 0.3) is 0 Å². The highest BCUT2D eigenvalue weighted by atomic mass is 16.5. The standard InChI is InChI=1S/C22H28O3.3C2H6.H2O/c1-4-17-13(2)8-9-14(18-12-22(17,18)3)10-21(24)25-20-7-5-6-19(23)15-11-16(15)20;3*1-2;/h6-7,9,15-16,18,23H,4-5,8,10-12H2,1-3H3;3*1-2H3;1H2. The zero-order valence-corrected chi connectivity index (χ0v) is 22.0. The van der Waals surface area contributed by atoms with E-state index in [1.807, 2.05) is 53.7 Å². The normalized spacial score (nSPS) is 28.8. The largest absolute Gasteiger partial charge is 0.512 e. The third-order valence-corrected chi connectivity index (χ3v) is 6.68. The minimum absolute atomic E-state index is 0. The van der Waals surface area contributed by atoms with Gasteiger partial charge in [-0.2, -0.15) is 0 Å². The Morgan fingerprint density at radius 1 is 1.09 bits per heavy atom. The number of hydrogen-bond donors (Lipinski definition) is 1. The molecule has 4 aliphatic rings. The highest BCUT2D eigenvalue weighted by Gasteiger charge is 2.54. The fraction of sp³-hybridized carbons (Fsp3) is 0.679. The summed E-state index contributed by atoms with van der Waals surface area (Å²) < 4.78 is 5.72. The summed E-state index contributed by atoms with van der Waals surface area (Å²) in [6, 6.07) is 0. The van der Waals surface area contributed by atoms with Crippen LogP contribution in [0.3, 0.4) is 0 Å². The smallest absolute Gasteiger partial charge is 0.314 e. The fourth-order valence-electron chi connectivity index (χ4n) is 5.06. The second kappa shape index (κ2) is 13.7. The Labute approximate surface area is 196 Å². The number of aliphatic hydroxyl groups excluding tert-OH is 1. The molecule has 184 valence electrons. The van der Waals surface area contributed by atoms with Gasteiger partial charge in [0.1, 0.15) is 5.76 Å². The lowest BCUT2D eigenvalue weighted by Crippen LogP contribution is -2.10. The average Bonchev–Trinajstić information content (AvgIpc) is 3.69. The molecule has 0 amide bonds. The Hall–Kier alpha value is -1.81. The van der Waals surface area contributed by atoms with E-state index in [1.54, 1.807) is 5.57 Å². The molecule has 4 unspecified atom stereocenters. The first kappa shape index (κ1) is 30.2. The van der Waals surface area contributed by atoms with E-state index < -0.39 is 0 Å². The van der Waals surface area contributed by atoms with E-state index in [9.17, 15) is 9.90 Å². The molecule has 0 heterocycles. The number of fused-ring (bicyclic) bond motifs is 2. The summed E-state index contributed by atoms with van der Waals surface area (Å²) in [4.78, 5) is 12.6. The molecule has 4 heteroatoms. The SMILES string of the molecule is CC.CC.CC.CCC1=C(C)CC=C(CC(=O)OC2=CCC=C(O)C3CC23)C2CC12C.O. The van der Waals surface area contributed by atoms with E-state index >= 15 is 0 Å². The highest BCUT2D eigenvalue weighted by molar-refractivity contribution is 5.74. The molecule has 32 heavy (non-hydrogen) atoms. The zero-order chi connectivity index (χ0) is 23.8. The molecule has 0 aromatic carbocycles. The predicted octanol–water partition coefficient (Wildman–Crippen LogP) is 7.62. The molecule has 0 bridgehead atoms. The fourth-order valence-corrected chi connectivity index (χ4v) is 5.06. The number of rotatable bonds is 4. The summed E-state index contributed by atoms with van der Waals surface area (Å²) in [6.07, 6.45) is 11.2. The van der Waals surface area contributed by atoms with Crippen molar-refractivity contribution in [2.45, 2.75) is 101 Å². The van der Waals surface area contributed by atoms with E-state index in [-0.39, 0.29) is 28.7 Å². The number of carbonyl (C=O) groups excluding carboxylic acids is 1. The van der Waals surface area contributed by atoms with Crippen molar-refractivity contribution >= 4 is 5.97 Å². The van der Waals surface area contributed by atoms with E-state index in [4.69, 9.17) is 4.74 Å². The van der Waals surface area contributed by atoms with Gasteiger partial charge in [-0.3, -0.25) is 4.79 Å². The van der Waals surface area contributed by atoms with E-state index in [2.05, 4.69) is 26.8 Å². The Balaban J connectivity index is 0.00000127. The molecule has 0 spiro atoms. The van der Waals surface area contributed by atoms with Crippen molar-refractivity contribution in [3.8, 4) is 0 Å². The monoisotopic (exact) mass is 448 g/mol. The van der Waals surface area contributed by atoms with Crippen LogP contribution in [0.15, 0.2) is 46.5 Å².